The van der Waals surface area contributed by atoms with E-state index in [1.54, 1.807) is 24.1 Å². The number of amides is 1. The third kappa shape index (κ3) is 1.75. The van der Waals surface area contributed by atoms with Crippen LogP contribution in [0.25, 0.3) is 0 Å². The van der Waals surface area contributed by atoms with E-state index >= 15 is 0 Å². The van der Waals surface area contributed by atoms with Crippen molar-refractivity contribution in [2.45, 2.75) is 0 Å². The van der Waals surface area contributed by atoms with E-state index in [1.165, 1.54) is 0 Å². The minimum atomic E-state index is 0.0446. The van der Waals surface area contributed by atoms with Crippen LogP contribution in [0.1, 0.15) is 10.4 Å². The number of hydrogen-bond acceptors (Lipinski definition) is 2. The second kappa shape index (κ2) is 3.61. The Hall–Kier alpha value is -1.03. The summed E-state index contributed by atoms with van der Waals surface area (Å²) in [6, 6.07) is 5.44. The molecule has 1 fully saturated rings. The summed E-state index contributed by atoms with van der Waals surface area (Å²) >= 11 is 3.34. The lowest BCUT2D eigenvalue weighted by Gasteiger charge is -2.08. The normalized spacial score (nSPS) is 14.0. The molecule has 0 spiro atoms. The van der Waals surface area contributed by atoms with Crippen LogP contribution in [0, 0.1) is 0 Å². The molecule has 1 aromatic carbocycles. The molecule has 0 bridgehead atoms. The first-order chi connectivity index (χ1) is 6.72. The van der Waals surface area contributed by atoms with Crippen LogP contribution in [-0.2, 0) is 0 Å². The van der Waals surface area contributed by atoms with Gasteiger partial charge in [0.05, 0.1) is 12.7 Å². The van der Waals surface area contributed by atoms with E-state index in [2.05, 4.69) is 15.9 Å². The molecule has 0 aromatic heterocycles. The smallest absolute Gasteiger partial charge is 0.257 e. The van der Waals surface area contributed by atoms with E-state index < -0.39 is 0 Å². The molecule has 74 valence electrons. The minimum absolute atomic E-state index is 0.0446. The van der Waals surface area contributed by atoms with Crippen LogP contribution in [0.3, 0.4) is 0 Å². The highest BCUT2D eigenvalue weighted by molar-refractivity contribution is 9.10. The summed E-state index contributed by atoms with van der Waals surface area (Å²) in [4.78, 5) is 13.5. The van der Waals surface area contributed by atoms with Crippen LogP contribution in [0.2, 0.25) is 0 Å². The van der Waals surface area contributed by atoms with Crippen molar-refractivity contribution in [3.8, 4) is 5.75 Å². The third-order valence-electron chi connectivity index (χ3n) is 2.13. The van der Waals surface area contributed by atoms with Gasteiger partial charge in [0.25, 0.3) is 5.91 Å². The summed E-state index contributed by atoms with van der Waals surface area (Å²) in [6.07, 6.45) is 0. The number of carbonyl (C=O) groups excluding carboxylic acids is 1. The van der Waals surface area contributed by atoms with Crippen LogP contribution < -0.4 is 4.74 Å². The average molecular weight is 256 g/mol. The Bertz CT molecular complexity index is 374. The fraction of sp³-hybridized carbons (Fsp3) is 0.300. The van der Waals surface area contributed by atoms with E-state index in [1.807, 2.05) is 6.07 Å². The van der Waals surface area contributed by atoms with Gasteiger partial charge in [-0.05, 0) is 18.2 Å². The zero-order valence-corrected chi connectivity index (χ0v) is 9.37. The van der Waals surface area contributed by atoms with Gasteiger partial charge in [0.2, 0.25) is 0 Å². The van der Waals surface area contributed by atoms with E-state index in [0.29, 0.717) is 11.3 Å². The zero-order valence-electron chi connectivity index (χ0n) is 7.79. The maximum Gasteiger partial charge on any atom is 0.257 e. The van der Waals surface area contributed by atoms with Gasteiger partial charge in [-0.2, -0.15) is 0 Å². The minimum Gasteiger partial charge on any atom is -0.496 e. The number of benzene rings is 1. The Kier molecular flexibility index (Phi) is 2.46. The summed E-state index contributed by atoms with van der Waals surface area (Å²) in [6.45, 7) is 1.71. The Morgan fingerprint density at radius 1 is 1.50 bits per heavy atom. The van der Waals surface area contributed by atoms with Gasteiger partial charge in [0.1, 0.15) is 5.75 Å². The molecule has 2 rings (SSSR count). The predicted molar refractivity (Wildman–Crippen MR) is 56.6 cm³/mol. The van der Waals surface area contributed by atoms with Gasteiger partial charge in [-0.15, -0.1) is 0 Å². The summed E-state index contributed by atoms with van der Waals surface area (Å²) in [7, 11) is 1.57. The molecule has 14 heavy (non-hydrogen) atoms. The first-order valence-electron chi connectivity index (χ1n) is 4.35. The first kappa shape index (κ1) is 9.52. The third-order valence-corrected chi connectivity index (χ3v) is 2.62. The van der Waals surface area contributed by atoms with E-state index in [0.717, 1.165) is 17.6 Å². The van der Waals surface area contributed by atoms with Crippen molar-refractivity contribution < 1.29 is 9.53 Å². The van der Waals surface area contributed by atoms with Gasteiger partial charge in [-0.1, -0.05) is 15.9 Å². The van der Waals surface area contributed by atoms with Gasteiger partial charge in [-0.25, -0.2) is 0 Å². The molecule has 1 heterocycles. The fourth-order valence-electron chi connectivity index (χ4n) is 1.27. The topological polar surface area (TPSA) is 29.3 Å². The second-order valence-electron chi connectivity index (χ2n) is 3.14. The van der Waals surface area contributed by atoms with Gasteiger partial charge in [0, 0.05) is 17.6 Å². The number of rotatable bonds is 2. The summed E-state index contributed by atoms with van der Waals surface area (Å²) in [5.41, 5.74) is 0.624. The van der Waals surface area contributed by atoms with Crippen LogP contribution in [0.5, 0.6) is 5.75 Å². The molecule has 1 aromatic rings. The quantitative estimate of drug-likeness (QED) is 0.756. The molecule has 0 unspecified atom stereocenters. The molecule has 1 aliphatic heterocycles. The zero-order chi connectivity index (χ0) is 10.1. The van der Waals surface area contributed by atoms with Crippen LogP contribution >= 0.6 is 15.9 Å². The van der Waals surface area contributed by atoms with Gasteiger partial charge < -0.3 is 9.64 Å². The van der Waals surface area contributed by atoms with Crippen LogP contribution in [0.4, 0.5) is 0 Å². The van der Waals surface area contributed by atoms with E-state index in [9.17, 15) is 4.79 Å². The Morgan fingerprint density at radius 2 is 2.21 bits per heavy atom. The van der Waals surface area contributed by atoms with Crippen molar-refractivity contribution in [2.75, 3.05) is 20.2 Å². The molecule has 0 aliphatic carbocycles. The monoisotopic (exact) mass is 255 g/mol. The highest BCUT2D eigenvalue weighted by Crippen LogP contribution is 2.25. The SMILES string of the molecule is COc1ccc(Br)cc1C(=O)N1CC1. The van der Waals surface area contributed by atoms with Gasteiger partial charge >= 0.3 is 0 Å². The molecule has 1 amide bonds. The highest BCUT2D eigenvalue weighted by atomic mass is 79.9. The summed E-state index contributed by atoms with van der Waals surface area (Å²) < 4.78 is 6.02. The molecule has 4 heteroatoms. The number of ether oxygens (including phenoxy) is 1. The highest BCUT2D eigenvalue weighted by Gasteiger charge is 2.27. The molecule has 0 atom stereocenters. The van der Waals surface area contributed by atoms with Crippen LogP contribution in [0.15, 0.2) is 22.7 Å². The van der Waals surface area contributed by atoms with Gasteiger partial charge in [-0.3, -0.25) is 4.79 Å². The number of methoxy groups -OCH3 is 1. The van der Waals surface area contributed by atoms with Crippen molar-refractivity contribution in [2.24, 2.45) is 0 Å². The average Bonchev–Trinajstić information content (AvgIpc) is 3.00. The summed E-state index contributed by atoms with van der Waals surface area (Å²) in [5.74, 6) is 0.674. The van der Waals surface area contributed by atoms with Gasteiger partial charge in [0.15, 0.2) is 0 Å². The standard InChI is InChI=1S/C10H10BrNO2/c1-14-9-3-2-7(11)6-8(9)10(13)12-4-5-12/h2-3,6H,4-5H2,1H3. The van der Waals surface area contributed by atoms with E-state index in [-0.39, 0.29) is 5.91 Å². The lowest BCUT2D eigenvalue weighted by atomic mass is 10.2. The maximum absolute atomic E-state index is 11.8. The largest absolute Gasteiger partial charge is 0.496 e. The lowest BCUT2D eigenvalue weighted by molar-refractivity contribution is 0.0882. The molecule has 0 radical (unpaired) electrons. The number of carbonyl (C=O) groups is 1. The Balaban J connectivity index is 2.37. The lowest BCUT2D eigenvalue weighted by Crippen LogP contribution is -2.11. The molecule has 1 aliphatic rings. The number of nitrogens with zero attached hydrogens (tertiary/aromatic N) is 1. The first-order valence-corrected chi connectivity index (χ1v) is 5.14. The molecular formula is C10H10BrNO2. The maximum atomic E-state index is 11.8. The van der Waals surface area contributed by atoms with Crippen molar-refractivity contribution in [3.63, 3.8) is 0 Å². The van der Waals surface area contributed by atoms with Crippen molar-refractivity contribution in [1.29, 1.82) is 0 Å². The van der Waals surface area contributed by atoms with Crippen molar-refractivity contribution >= 4 is 21.8 Å². The van der Waals surface area contributed by atoms with Crippen LogP contribution in [-0.4, -0.2) is 31.0 Å². The Morgan fingerprint density at radius 3 is 2.79 bits per heavy atom. The van der Waals surface area contributed by atoms with E-state index in [4.69, 9.17) is 4.74 Å². The number of halogens is 1. The number of hydrogen-bond donors (Lipinski definition) is 0. The molecule has 0 saturated carbocycles. The molecular weight excluding hydrogens is 246 g/mol. The fourth-order valence-corrected chi connectivity index (χ4v) is 1.63. The second-order valence-corrected chi connectivity index (χ2v) is 4.05. The predicted octanol–water partition coefficient (Wildman–Crippen LogP) is 1.91. The summed E-state index contributed by atoms with van der Waals surface area (Å²) in [5, 5.41) is 0. The molecule has 0 N–H and O–H groups in total. The van der Waals surface area contributed by atoms with Crippen molar-refractivity contribution in [1.82, 2.24) is 4.90 Å². The Labute approximate surface area is 90.8 Å². The molecule has 3 nitrogen and oxygen atoms in total. The molecule has 1 saturated heterocycles. The van der Waals surface area contributed by atoms with Crippen molar-refractivity contribution in [3.05, 3.63) is 28.2 Å².